The predicted octanol–water partition coefficient (Wildman–Crippen LogP) is 6.23. The lowest BCUT2D eigenvalue weighted by Crippen LogP contribution is -2.41. The quantitative estimate of drug-likeness (QED) is 0.326. The van der Waals surface area contributed by atoms with Crippen LogP contribution in [0.25, 0.3) is 0 Å². The minimum absolute atomic E-state index is 0.217. The lowest BCUT2D eigenvalue weighted by atomic mass is 9.84. The van der Waals surface area contributed by atoms with Crippen molar-refractivity contribution in [3.05, 3.63) is 29.5 Å². The molecular formula is C24H35F3NO5Si. The molecule has 0 bridgehead atoms. The van der Waals surface area contributed by atoms with Gasteiger partial charge in [-0.1, -0.05) is 20.8 Å². The Morgan fingerprint density at radius 3 is 2.26 bits per heavy atom. The molecule has 1 aromatic carbocycles. The van der Waals surface area contributed by atoms with Gasteiger partial charge in [0.2, 0.25) is 9.04 Å². The van der Waals surface area contributed by atoms with Gasteiger partial charge < -0.3 is 13.9 Å². The second-order valence-corrected chi connectivity index (χ2v) is 12.7. The number of rotatable bonds is 7. The Kier molecular flexibility index (Phi) is 8.91. The molecule has 0 spiro atoms. The third kappa shape index (κ3) is 8.65. The van der Waals surface area contributed by atoms with E-state index in [1.165, 1.54) is 11.1 Å². The smallest absolute Gasteiger partial charge is 0.490 e. The van der Waals surface area contributed by atoms with Crippen molar-refractivity contribution < 1.29 is 36.7 Å². The van der Waals surface area contributed by atoms with Gasteiger partial charge in [0.15, 0.2) is 0 Å². The molecule has 2 rings (SSSR count). The third-order valence-corrected chi connectivity index (χ3v) is 5.52. The molecular weight excluding hydrogens is 467 g/mol. The normalized spacial score (nSPS) is 18.6. The Bertz CT molecular complexity index is 886. The molecule has 0 N–H and O–H groups in total. The van der Waals surface area contributed by atoms with Crippen molar-refractivity contribution in [3.63, 3.8) is 0 Å². The second-order valence-electron chi connectivity index (χ2n) is 10.6. The number of hydrogen-bond donors (Lipinski definition) is 0. The summed E-state index contributed by atoms with van der Waals surface area (Å²) in [5.41, 5.74) is -0.335. The summed E-state index contributed by atoms with van der Waals surface area (Å²) < 4.78 is 56.2. The molecule has 0 saturated carbocycles. The standard InChI is InChI=1S/C24H35F3NO5Si/c1-22(2,3)21(32-34(7)8)19-10-9-17(14-20(19)31-24(25,26)27)30-18-11-12-28(16(13-18)15-29)33-23(4,5)6/h9-10,14,18,21H,11-13H2,1-8H3. The molecule has 1 fully saturated rings. The highest BCUT2D eigenvalue weighted by atomic mass is 28.3. The minimum Gasteiger partial charge on any atom is -0.490 e. The first-order chi connectivity index (χ1) is 15.5. The van der Waals surface area contributed by atoms with Crippen LogP contribution in [0.3, 0.4) is 0 Å². The first-order valence-corrected chi connectivity index (χ1v) is 13.6. The highest BCUT2D eigenvalue weighted by Crippen LogP contribution is 2.43. The largest absolute Gasteiger partial charge is 0.573 e. The summed E-state index contributed by atoms with van der Waals surface area (Å²) in [6.45, 7) is 15.6. The van der Waals surface area contributed by atoms with Crippen LogP contribution >= 0.6 is 0 Å². The van der Waals surface area contributed by atoms with Crippen LogP contribution in [-0.2, 0) is 14.1 Å². The van der Waals surface area contributed by atoms with Gasteiger partial charge in [-0.2, -0.15) is 0 Å². The fraction of sp³-hybridized carbons (Fsp3) is 0.667. The highest BCUT2D eigenvalue weighted by molar-refractivity contribution is 6.48. The third-order valence-electron chi connectivity index (χ3n) is 4.81. The van der Waals surface area contributed by atoms with Gasteiger partial charge in [0.1, 0.15) is 29.2 Å². The van der Waals surface area contributed by atoms with E-state index in [0.717, 1.165) is 0 Å². The van der Waals surface area contributed by atoms with E-state index in [1.54, 1.807) is 12.1 Å². The molecule has 0 aromatic heterocycles. The van der Waals surface area contributed by atoms with E-state index in [-0.39, 0.29) is 17.9 Å². The molecule has 34 heavy (non-hydrogen) atoms. The molecule has 0 amide bonds. The summed E-state index contributed by atoms with van der Waals surface area (Å²) >= 11 is 0. The lowest BCUT2D eigenvalue weighted by Gasteiger charge is -2.37. The molecule has 1 aliphatic heterocycles. The van der Waals surface area contributed by atoms with Crippen LogP contribution in [0.4, 0.5) is 13.2 Å². The second kappa shape index (κ2) is 10.7. The molecule has 2 unspecified atom stereocenters. The zero-order valence-corrected chi connectivity index (χ0v) is 22.1. The Hall–Kier alpha value is -2.00. The Morgan fingerprint density at radius 2 is 1.76 bits per heavy atom. The number of carbonyl (C=O) groups excluding carboxylic acids is 1. The van der Waals surface area contributed by atoms with Crippen molar-refractivity contribution in [1.82, 2.24) is 5.06 Å². The van der Waals surface area contributed by atoms with Crippen LogP contribution in [-0.4, -0.2) is 44.7 Å². The summed E-state index contributed by atoms with van der Waals surface area (Å²) in [6.07, 6.45) is -5.14. The van der Waals surface area contributed by atoms with Crippen LogP contribution in [0.5, 0.6) is 11.5 Å². The van der Waals surface area contributed by atoms with E-state index in [4.69, 9.17) is 14.0 Å². The lowest BCUT2D eigenvalue weighted by molar-refractivity contribution is -0.275. The Labute approximate surface area is 201 Å². The molecule has 1 heterocycles. The first-order valence-electron chi connectivity index (χ1n) is 11.2. The molecule has 1 aliphatic rings. The van der Waals surface area contributed by atoms with E-state index in [9.17, 15) is 18.0 Å². The SMILES string of the molecule is C[Si](C)OC(c1ccc(OC2CCN(OC(C)(C)C)C(=C=O)C2)cc1OC(F)(F)F)C(C)(C)C. The van der Waals surface area contributed by atoms with Crippen molar-refractivity contribution >= 4 is 15.0 Å². The molecule has 1 radical (unpaired) electrons. The van der Waals surface area contributed by atoms with Gasteiger partial charge in [0.25, 0.3) is 0 Å². The van der Waals surface area contributed by atoms with Crippen molar-refractivity contribution in [2.45, 2.75) is 91.6 Å². The summed E-state index contributed by atoms with van der Waals surface area (Å²) in [5, 5.41) is 1.51. The number of piperidine rings is 1. The topological polar surface area (TPSA) is 57.2 Å². The molecule has 10 heteroatoms. The summed E-state index contributed by atoms with van der Waals surface area (Å²) in [4.78, 5) is 17.3. The summed E-state index contributed by atoms with van der Waals surface area (Å²) in [7, 11) is -1.21. The van der Waals surface area contributed by atoms with Crippen molar-refractivity contribution in [2.24, 2.45) is 5.41 Å². The molecule has 0 aliphatic carbocycles. The maximum Gasteiger partial charge on any atom is 0.573 e. The number of alkyl halides is 3. The van der Waals surface area contributed by atoms with E-state index in [1.807, 2.05) is 60.6 Å². The van der Waals surface area contributed by atoms with Crippen LogP contribution in [0.15, 0.2) is 23.9 Å². The number of ether oxygens (including phenoxy) is 2. The maximum absolute atomic E-state index is 13.2. The Balaban J connectivity index is 2.30. The minimum atomic E-state index is -4.87. The summed E-state index contributed by atoms with van der Waals surface area (Å²) in [5.74, 6) is 1.76. The van der Waals surface area contributed by atoms with Crippen LogP contribution in [0.1, 0.15) is 66.1 Å². The number of halogens is 3. The fourth-order valence-electron chi connectivity index (χ4n) is 3.59. The van der Waals surface area contributed by atoms with Crippen LogP contribution < -0.4 is 9.47 Å². The Morgan fingerprint density at radius 1 is 1.12 bits per heavy atom. The number of hydrogen-bond acceptors (Lipinski definition) is 6. The van der Waals surface area contributed by atoms with Gasteiger partial charge in [0, 0.05) is 31.0 Å². The average molecular weight is 503 g/mol. The van der Waals surface area contributed by atoms with Crippen molar-refractivity contribution in [3.8, 4) is 11.5 Å². The van der Waals surface area contributed by atoms with E-state index in [0.29, 0.717) is 24.2 Å². The van der Waals surface area contributed by atoms with Crippen LogP contribution in [0.2, 0.25) is 13.1 Å². The van der Waals surface area contributed by atoms with Crippen molar-refractivity contribution in [2.75, 3.05) is 6.54 Å². The number of hydroxylamine groups is 2. The van der Waals surface area contributed by atoms with Gasteiger partial charge in [-0.25, -0.2) is 9.86 Å². The molecule has 2 atom stereocenters. The van der Waals surface area contributed by atoms with E-state index < -0.39 is 38.6 Å². The summed E-state index contributed by atoms with van der Waals surface area (Å²) in [6, 6.07) is 4.41. The molecule has 1 aromatic rings. The first kappa shape index (κ1) is 28.2. The van der Waals surface area contributed by atoms with E-state index >= 15 is 0 Å². The van der Waals surface area contributed by atoms with Gasteiger partial charge in [-0.15, -0.1) is 13.2 Å². The number of benzene rings is 1. The van der Waals surface area contributed by atoms with Gasteiger partial charge >= 0.3 is 6.36 Å². The predicted molar refractivity (Wildman–Crippen MR) is 124 cm³/mol. The zero-order chi connectivity index (χ0) is 25.9. The number of nitrogens with zero attached hydrogens (tertiary/aromatic N) is 1. The van der Waals surface area contributed by atoms with Crippen molar-refractivity contribution in [1.29, 1.82) is 0 Å². The van der Waals surface area contributed by atoms with Crippen LogP contribution in [0, 0.1) is 5.41 Å². The van der Waals surface area contributed by atoms with Gasteiger partial charge in [-0.05, 0) is 51.4 Å². The molecule has 191 valence electrons. The maximum atomic E-state index is 13.2. The van der Waals surface area contributed by atoms with E-state index in [2.05, 4.69) is 4.74 Å². The monoisotopic (exact) mass is 502 g/mol. The highest BCUT2D eigenvalue weighted by Gasteiger charge is 2.37. The fourth-order valence-corrected chi connectivity index (χ4v) is 4.54. The molecule has 6 nitrogen and oxygen atoms in total. The van der Waals surface area contributed by atoms with Gasteiger partial charge in [0.05, 0.1) is 11.7 Å². The average Bonchev–Trinajstić information content (AvgIpc) is 2.64. The molecule has 1 saturated heterocycles. The van der Waals surface area contributed by atoms with Gasteiger partial charge in [-0.3, -0.25) is 4.84 Å². The zero-order valence-electron chi connectivity index (χ0n) is 21.1.